The minimum atomic E-state index is -3.91. The van der Waals surface area contributed by atoms with Crippen molar-refractivity contribution in [3.63, 3.8) is 0 Å². The van der Waals surface area contributed by atoms with Crippen LogP contribution in [-0.4, -0.2) is 23.9 Å². The van der Waals surface area contributed by atoms with Crippen molar-refractivity contribution >= 4 is 56.5 Å². The smallest absolute Gasteiger partial charge is 0.283 e. The summed E-state index contributed by atoms with van der Waals surface area (Å²) >= 11 is 18.3. The highest BCUT2D eigenvalue weighted by atomic mass is 35.6. The molecule has 0 aliphatic rings. The Balaban J connectivity index is 2.33. The van der Waals surface area contributed by atoms with Gasteiger partial charge in [0.2, 0.25) is 3.79 Å². The van der Waals surface area contributed by atoms with Gasteiger partial charge in [0, 0.05) is 6.42 Å². The average molecular weight is 489 g/mol. The molecule has 0 bridgehead atoms. The number of hydrogen-bond acceptors (Lipinski definition) is 3. The summed E-state index contributed by atoms with van der Waals surface area (Å²) in [6, 6.07) is 17.5. The van der Waals surface area contributed by atoms with E-state index < -0.39 is 13.8 Å². The maximum Gasteiger partial charge on any atom is 0.283 e. The van der Waals surface area contributed by atoms with E-state index in [0.717, 1.165) is 24.8 Å². The Hall–Kier alpha value is -1.60. The van der Waals surface area contributed by atoms with Gasteiger partial charge in [-0.2, -0.15) is 8.42 Å². The van der Waals surface area contributed by atoms with Crippen molar-refractivity contribution in [2.24, 2.45) is 9.39 Å². The Labute approximate surface area is 193 Å². The lowest BCUT2D eigenvalue weighted by molar-refractivity contribution is 0.597. The number of hydrogen-bond donors (Lipinski definition) is 1. The van der Waals surface area contributed by atoms with Crippen molar-refractivity contribution in [3.8, 4) is 0 Å². The quantitative estimate of drug-likeness (QED) is 0.217. The van der Waals surface area contributed by atoms with Crippen LogP contribution in [0.25, 0.3) is 0 Å². The van der Waals surface area contributed by atoms with Gasteiger partial charge in [-0.1, -0.05) is 103 Å². The molecule has 0 atom stereocenters. The van der Waals surface area contributed by atoms with Gasteiger partial charge < -0.3 is 5.32 Å². The largest absolute Gasteiger partial charge is 0.328 e. The van der Waals surface area contributed by atoms with Gasteiger partial charge in [-0.05, 0) is 24.1 Å². The Kier molecular flexibility index (Phi) is 9.62. The van der Waals surface area contributed by atoms with Crippen molar-refractivity contribution in [2.45, 2.75) is 47.8 Å². The molecule has 0 radical (unpaired) electrons. The first-order valence-electron chi connectivity index (χ1n) is 9.54. The second-order valence-electron chi connectivity index (χ2n) is 6.56. The third kappa shape index (κ3) is 8.26. The van der Waals surface area contributed by atoms with Crippen molar-refractivity contribution in [1.82, 2.24) is 5.32 Å². The van der Waals surface area contributed by atoms with E-state index >= 15 is 0 Å². The lowest BCUT2D eigenvalue weighted by atomic mass is 10.2. The molecule has 0 aliphatic heterocycles. The molecule has 0 unspecified atom stereocenters. The van der Waals surface area contributed by atoms with E-state index in [9.17, 15) is 8.42 Å². The molecular weight excluding hydrogens is 465 g/mol. The fraction of sp³-hybridized carbons (Fsp3) is 0.333. The van der Waals surface area contributed by atoms with E-state index in [1.54, 1.807) is 18.2 Å². The molecule has 9 heteroatoms. The maximum atomic E-state index is 12.7. The zero-order valence-electron chi connectivity index (χ0n) is 16.6. The Morgan fingerprint density at radius 3 is 2.13 bits per heavy atom. The van der Waals surface area contributed by atoms with Crippen LogP contribution in [0.5, 0.6) is 0 Å². The van der Waals surface area contributed by atoms with Gasteiger partial charge in [-0.3, -0.25) is 4.99 Å². The summed E-state index contributed by atoms with van der Waals surface area (Å²) in [7, 11) is -3.91. The van der Waals surface area contributed by atoms with Crippen LogP contribution in [0.3, 0.4) is 0 Å². The number of nitrogens with one attached hydrogen (secondary N) is 1. The molecule has 0 saturated heterocycles. The van der Waals surface area contributed by atoms with Gasteiger partial charge in [-0.25, -0.2) is 0 Å². The normalized spacial score (nSPS) is 13.3. The fourth-order valence-electron chi connectivity index (χ4n) is 2.55. The molecule has 0 amide bonds. The number of alkyl halides is 3. The Morgan fingerprint density at radius 2 is 1.57 bits per heavy atom. The van der Waals surface area contributed by atoms with E-state index in [1.165, 1.54) is 12.1 Å². The molecule has 0 spiro atoms. The van der Waals surface area contributed by atoms with Crippen LogP contribution in [0.15, 0.2) is 74.9 Å². The lowest BCUT2D eigenvalue weighted by Crippen LogP contribution is -2.39. The number of halogens is 3. The fourth-order valence-corrected chi connectivity index (χ4v) is 3.91. The van der Waals surface area contributed by atoms with E-state index in [1.807, 2.05) is 30.3 Å². The van der Waals surface area contributed by atoms with Gasteiger partial charge in [0.1, 0.15) is 5.84 Å². The number of rotatable bonds is 8. The maximum absolute atomic E-state index is 12.7. The summed E-state index contributed by atoms with van der Waals surface area (Å²) in [5.74, 6) is 0.209. The SMILES string of the molecule is CCCCC/C(=N\S(=O)(=O)c1ccccc1)NC(=NCc1ccccc1)C(Cl)(Cl)Cl. The zero-order chi connectivity index (χ0) is 22.0. The minimum Gasteiger partial charge on any atom is -0.328 e. The van der Waals surface area contributed by atoms with Crippen LogP contribution in [0.2, 0.25) is 0 Å². The molecule has 2 aromatic rings. The first kappa shape index (κ1) is 24.7. The third-order valence-corrected chi connectivity index (χ3v) is 5.95. The lowest BCUT2D eigenvalue weighted by Gasteiger charge is -2.18. The van der Waals surface area contributed by atoms with E-state index in [0.29, 0.717) is 6.42 Å². The van der Waals surface area contributed by atoms with Gasteiger partial charge in [0.15, 0.2) is 5.84 Å². The predicted octanol–water partition coefficient (Wildman–Crippen LogP) is 5.91. The van der Waals surface area contributed by atoms with E-state index in [2.05, 4.69) is 21.6 Å². The Bertz CT molecular complexity index is 958. The first-order valence-corrected chi connectivity index (χ1v) is 12.1. The highest BCUT2D eigenvalue weighted by molar-refractivity contribution is 7.90. The van der Waals surface area contributed by atoms with Crippen LogP contribution < -0.4 is 5.32 Å². The number of aliphatic imine (C=N–C) groups is 1. The summed E-state index contributed by atoms with van der Waals surface area (Å²) in [5, 5.41) is 2.87. The van der Waals surface area contributed by atoms with Gasteiger partial charge in [0.05, 0.1) is 11.4 Å². The van der Waals surface area contributed by atoms with Gasteiger partial charge in [0.25, 0.3) is 10.0 Å². The third-order valence-electron chi connectivity index (χ3n) is 4.08. The van der Waals surface area contributed by atoms with Crippen molar-refractivity contribution in [3.05, 3.63) is 66.2 Å². The number of amidine groups is 2. The molecule has 2 aromatic carbocycles. The molecule has 162 valence electrons. The van der Waals surface area contributed by atoms with Gasteiger partial charge >= 0.3 is 0 Å². The highest BCUT2D eigenvalue weighted by Gasteiger charge is 2.29. The van der Waals surface area contributed by atoms with Crippen molar-refractivity contribution < 1.29 is 8.42 Å². The number of benzene rings is 2. The molecule has 0 saturated carbocycles. The summed E-state index contributed by atoms with van der Waals surface area (Å²) in [5.41, 5.74) is 0.924. The number of unbranched alkanes of at least 4 members (excludes halogenated alkanes) is 2. The highest BCUT2D eigenvalue weighted by Crippen LogP contribution is 2.27. The molecule has 1 N–H and O–H groups in total. The van der Waals surface area contributed by atoms with Crippen LogP contribution in [0.1, 0.15) is 38.2 Å². The topological polar surface area (TPSA) is 70.9 Å². The average Bonchev–Trinajstić information content (AvgIpc) is 2.71. The molecule has 0 fully saturated rings. The molecular formula is C21H24Cl3N3O2S. The second-order valence-corrected chi connectivity index (χ2v) is 10.4. The molecule has 30 heavy (non-hydrogen) atoms. The molecule has 0 heterocycles. The Morgan fingerprint density at radius 1 is 0.967 bits per heavy atom. The minimum absolute atomic E-state index is 0.0230. The standard InChI is InChI=1S/C21H24Cl3N3O2S/c1-2-3-6-15-19(27-30(28,29)18-13-9-5-10-14-18)26-20(21(22,23)24)25-16-17-11-7-4-8-12-17/h4-5,7-14H,2-3,6,15-16H2,1H3,(H,25,26,27). The summed E-state index contributed by atoms with van der Waals surface area (Å²) in [6.45, 7) is 2.32. The number of sulfonamides is 1. The van der Waals surface area contributed by atoms with Crippen molar-refractivity contribution in [1.29, 1.82) is 0 Å². The summed E-state index contributed by atoms with van der Waals surface area (Å²) in [4.78, 5) is 4.46. The van der Waals surface area contributed by atoms with Crippen LogP contribution in [0.4, 0.5) is 0 Å². The molecule has 0 aromatic heterocycles. The van der Waals surface area contributed by atoms with Crippen LogP contribution in [-0.2, 0) is 16.6 Å². The number of nitrogens with zero attached hydrogens (tertiary/aromatic N) is 2. The summed E-state index contributed by atoms with van der Waals surface area (Å²) < 4.78 is 27.6. The second kappa shape index (κ2) is 11.7. The van der Waals surface area contributed by atoms with Crippen LogP contribution >= 0.6 is 34.8 Å². The predicted molar refractivity (Wildman–Crippen MR) is 126 cm³/mol. The zero-order valence-corrected chi connectivity index (χ0v) is 19.6. The van der Waals surface area contributed by atoms with Crippen LogP contribution in [0, 0.1) is 0 Å². The molecule has 2 rings (SSSR count). The monoisotopic (exact) mass is 487 g/mol. The molecule has 0 aliphatic carbocycles. The summed E-state index contributed by atoms with van der Waals surface area (Å²) in [6.07, 6.45) is 3.00. The van der Waals surface area contributed by atoms with Gasteiger partial charge in [-0.15, -0.1) is 4.40 Å². The van der Waals surface area contributed by atoms with E-state index in [4.69, 9.17) is 34.8 Å². The van der Waals surface area contributed by atoms with Crippen molar-refractivity contribution in [2.75, 3.05) is 0 Å². The first-order chi connectivity index (χ1) is 14.2. The molecule has 5 nitrogen and oxygen atoms in total. The van der Waals surface area contributed by atoms with E-state index in [-0.39, 0.29) is 23.1 Å².